The van der Waals surface area contributed by atoms with Crippen molar-refractivity contribution in [3.05, 3.63) is 74.9 Å². The Labute approximate surface area is 183 Å². The molecule has 0 aliphatic carbocycles. The summed E-state index contributed by atoms with van der Waals surface area (Å²) in [4.78, 5) is 36.7. The van der Waals surface area contributed by atoms with Crippen molar-refractivity contribution in [2.45, 2.75) is 33.6 Å². The molecule has 4 rings (SSSR count). The molecule has 7 nitrogen and oxygen atoms in total. The van der Waals surface area contributed by atoms with Gasteiger partial charge in [-0.2, -0.15) is 0 Å². The highest BCUT2D eigenvalue weighted by atomic mass is 16.5. The van der Waals surface area contributed by atoms with Crippen molar-refractivity contribution in [3.63, 3.8) is 0 Å². The zero-order valence-corrected chi connectivity index (χ0v) is 18.0. The molecule has 7 heteroatoms. The highest BCUT2D eigenvalue weighted by Gasteiger charge is 2.18. The van der Waals surface area contributed by atoms with E-state index in [2.05, 4.69) is 0 Å². The number of ether oxygens (including phenoxy) is 2. The fourth-order valence-electron chi connectivity index (χ4n) is 3.54. The van der Waals surface area contributed by atoms with E-state index in [9.17, 15) is 14.4 Å². The molecular weight excluding hydrogens is 412 g/mol. The van der Waals surface area contributed by atoms with E-state index in [1.807, 2.05) is 20.8 Å². The maximum Gasteiger partial charge on any atom is 0.336 e. The van der Waals surface area contributed by atoms with Gasteiger partial charge in [0.15, 0.2) is 0 Å². The van der Waals surface area contributed by atoms with Gasteiger partial charge in [-0.3, -0.25) is 9.59 Å². The third-order valence-corrected chi connectivity index (χ3v) is 5.40. The Morgan fingerprint density at radius 1 is 0.938 bits per heavy atom. The summed E-state index contributed by atoms with van der Waals surface area (Å²) in [6, 6.07) is 11.0. The van der Waals surface area contributed by atoms with Crippen LogP contribution in [-0.2, 0) is 4.79 Å². The van der Waals surface area contributed by atoms with Crippen molar-refractivity contribution in [3.8, 4) is 17.2 Å². The summed E-state index contributed by atoms with van der Waals surface area (Å²) in [5, 5.41) is 1.06. The number of aryl methyl sites for hydroxylation is 1. The van der Waals surface area contributed by atoms with Gasteiger partial charge in [0.05, 0.1) is 11.3 Å². The summed E-state index contributed by atoms with van der Waals surface area (Å²) < 4.78 is 21.9. The largest absolute Gasteiger partial charge is 0.460 e. The average Bonchev–Trinajstić information content (AvgIpc) is 2.76. The molecule has 2 heterocycles. The van der Waals surface area contributed by atoms with Crippen molar-refractivity contribution in [2.75, 3.05) is 0 Å². The minimum atomic E-state index is -0.460. The molecule has 0 atom stereocenters. The molecule has 2 aromatic heterocycles. The number of hydrogen-bond acceptors (Lipinski definition) is 7. The van der Waals surface area contributed by atoms with E-state index in [-0.39, 0.29) is 34.0 Å². The van der Waals surface area contributed by atoms with Crippen LogP contribution < -0.4 is 20.5 Å². The normalized spacial score (nSPS) is 11.2. The van der Waals surface area contributed by atoms with Gasteiger partial charge in [-0.05, 0) is 49.6 Å². The van der Waals surface area contributed by atoms with Gasteiger partial charge in [0.2, 0.25) is 11.2 Å². The molecule has 4 aromatic rings. The van der Waals surface area contributed by atoms with Crippen LogP contribution >= 0.6 is 0 Å². The molecule has 0 saturated carbocycles. The van der Waals surface area contributed by atoms with E-state index < -0.39 is 5.63 Å². The molecule has 0 saturated heterocycles. The van der Waals surface area contributed by atoms with Crippen molar-refractivity contribution < 1.29 is 23.1 Å². The number of carbonyl (C=O) groups excluding carboxylic acids is 1. The van der Waals surface area contributed by atoms with E-state index in [1.165, 1.54) is 24.5 Å². The minimum Gasteiger partial charge on any atom is -0.460 e. The molecule has 0 radical (unpaired) electrons. The lowest BCUT2D eigenvalue weighted by Gasteiger charge is -2.12. The number of hydrogen-bond donors (Lipinski definition) is 0. The summed E-state index contributed by atoms with van der Waals surface area (Å²) in [5.41, 5.74) is 0.584. The molecule has 164 valence electrons. The van der Waals surface area contributed by atoms with Crippen LogP contribution in [0.1, 0.15) is 32.3 Å². The van der Waals surface area contributed by atoms with E-state index in [0.29, 0.717) is 29.9 Å². The van der Waals surface area contributed by atoms with Gasteiger partial charge in [0, 0.05) is 23.6 Å². The van der Waals surface area contributed by atoms with Gasteiger partial charge in [-0.15, -0.1) is 0 Å². The maximum absolute atomic E-state index is 12.9. The van der Waals surface area contributed by atoms with Crippen molar-refractivity contribution in [1.29, 1.82) is 0 Å². The quantitative estimate of drug-likeness (QED) is 0.229. The monoisotopic (exact) mass is 434 g/mol. The Morgan fingerprint density at radius 3 is 2.38 bits per heavy atom. The summed E-state index contributed by atoms with van der Waals surface area (Å²) in [6.45, 7) is 5.68. The lowest BCUT2D eigenvalue weighted by molar-refractivity contribution is -0.139. The SMILES string of the molecule is CCC(CC)C(=O)Oc1ccc2c(=O)c(Oc3ccc4c(C)cc(=O)oc4c3)coc2c1. The average molecular weight is 434 g/mol. The standard InChI is InChI=1S/C25H22O7/c1-4-15(5-2)25(28)31-17-7-9-19-20(11-17)29-13-22(24(19)27)30-16-6-8-18-14(3)10-23(26)32-21(18)12-16/h6-13,15H,4-5H2,1-3H3. The van der Waals surface area contributed by atoms with Gasteiger partial charge >= 0.3 is 11.6 Å². The smallest absolute Gasteiger partial charge is 0.336 e. The number of benzene rings is 2. The second-order valence-electron chi connectivity index (χ2n) is 7.53. The molecule has 0 amide bonds. The molecule has 0 bridgehead atoms. The fraction of sp³-hybridized carbons (Fsp3) is 0.240. The first-order valence-corrected chi connectivity index (χ1v) is 10.4. The van der Waals surface area contributed by atoms with Crippen LogP contribution in [0.2, 0.25) is 0 Å². The first kappa shape index (κ1) is 21.4. The van der Waals surface area contributed by atoms with Gasteiger partial charge in [0.25, 0.3) is 0 Å². The van der Waals surface area contributed by atoms with Gasteiger partial charge in [-0.25, -0.2) is 4.79 Å². The Hall–Kier alpha value is -3.87. The molecule has 0 aliphatic heterocycles. The third-order valence-electron chi connectivity index (χ3n) is 5.40. The lowest BCUT2D eigenvalue weighted by Crippen LogP contribution is -2.19. The second-order valence-corrected chi connectivity index (χ2v) is 7.53. The molecular formula is C25H22O7. The van der Waals surface area contributed by atoms with Crippen molar-refractivity contribution in [1.82, 2.24) is 0 Å². The van der Waals surface area contributed by atoms with Crippen LogP contribution in [0.25, 0.3) is 21.9 Å². The number of fused-ring (bicyclic) bond motifs is 2. The predicted molar refractivity (Wildman–Crippen MR) is 119 cm³/mol. The molecule has 0 spiro atoms. The van der Waals surface area contributed by atoms with E-state index in [1.54, 1.807) is 24.3 Å². The lowest BCUT2D eigenvalue weighted by atomic mass is 10.0. The van der Waals surface area contributed by atoms with Crippen LogP contribution in [0.4, 0.5) is 0 Å². The number of esters is 1. The summed E-state index contributed by atoms with van der Waals surface area (Å²) in [6.07, 6.45) is 2.58. The van der Waals surface area contributed by atoms with Crippen LogP contribution in [0, 0.1) is 12.8 Å². The molecule has 0 N–H and O–H groups in total. The Balaban J connectivity index is 1.63. The van der Waals surface area contributed by atoms with Crippen LogP contribution in [0.5, 0.6) is 17.2 Å². The molecule has 0 fully saturated rings. The first-order valence-electron chi connectivity index (χ1n) is 10.4. The van der Waals surface area contributed by atoms with Crippen LogP contribution in [0.3, 0.4) is 0 Å². The van der Waals surface area contributed by atoms with Gasteiger partial charge < -0.3 is 18.3 Å². The van der Waals surface area contributed by atoms with Gasteiger partial charge in [0.1, 0.15) is 28.9 Å². The Bertz CT molecular complexity index is 1420. The Kier molecular flexibility index (Phi) is 5.81. The Morgan fingerprint density at radius 2 is 1.62 bits per heavy atom. The predicted octanol–water partition coefficient (Wildman–Crippen LogP) is 5.34. The number of carbonyl (C=O) groups is 1. The molecule has 0 unspecified atom stereocenters. The first-order chi connectivity index (χ1) is 15.4. The highest BCUT2D eigenvalue weighted by molar-refractivity contribution is 5.82. The molecule has 2 aromatic carbocycles. The highest BCUT2D eigenvalue weighted by Crippen LogP contribution is 2.27. The number of rotatable bonds is 6. The summed E-state index contributed by atoms with van der Waals surface area (Å²) in [7, 11) is 0. The third kappa shape index (κ3) is 4.14. The molecule has 0 aliphatic rings. The van der Waals surface area contributed by atoms with Crippen molar-refractivity contribution >= 4 is 27.9 Å². The second kappa shape index (κ2) is 8.70. The molecule has 32 heavy (non-hydrogen) atoms. The van der Waals surface area contributed by atoms with E-state index in [0.717, 1.165) is 10.9 Å². The zero-order chi connectivity index (χ0) is 22.8. The summed E-state index contributed by atoms with van der Waals surface area (Å²) in [5.74, 6) is 0.131. The van der Waals surface area contributed by atoms with E-state index in [4.69, 9.17) is 18.3 Å². The summed E-state index contributed by atoms with van der Waals surface area (Å²) >= 11 is 0. The zero-order valence-electron chi connectivity index (χ0n) is 18.0. The fourth-order valence-corrected chi connectivity index (χ4v) is 3.54. The van der Waals surface area contributed by atoms with Crippen LogP contribution in [0.15, 0.2) is 67.2 Å². The topological polar surface area (TPSA) is 96.0 Å². The minimum absolute atomic E-state index is 0.0198. The maximum atomic E-state index is 12.9. The van der Waals surface area contributed by atoms with Crippen molar-refractivity contribution in [2.24, 2.45) is 5.92 Å². The van der Waals surface area contributed by atoms with E-state index >= 15 is 0 Å². The van der Waals surface area contributed by atoms with Gasteiger partial charge in [-0.1, -0.05) is 13.8 Å². The van der Waals surface area contributed by atoms with Crippen LogP contribution in [-0.4, -0.2) is 5.97 Å².